The summed E-state index contributed by atoms with van der Waals surface area (Å²) in [6.45, 7) is 15.7. The lowest BCUT2D eigenvalue weighted by molar-refractivity contribution is -0.131. The van der Waals surface area contributed by atoms with Gasteiger partial charge in [-0.2, -0.15) is 23.5 Å². The second-order valence-electron chi connectivity index (χ2n) is 12.3. The van der Waals surface area contributed by atoms with Crippen molar-refractivity contribution in [3.05, 3.63) is 76.5 Å². The molecule has 244 valence electrons. The molecule has 0 bridgehead atoms. The summed E-state index contributed by atoms with van der Waals surface area (Å²) in [7, 11) is 3.77. The van der Waals surface area contributed by atoms with Crippen molar-refractivity contribution in [2.24, 2.45) is 5.41 Å². The Labute approximate surface area is 281 Å². The second kappa shape index (κ2) is 14.0. The van der Waals surface area contributed by atoms with Crippen LogP contribution in [0.5, 0.6) is 6.01 Å². The molecule has 1 aromatic heterocycles. The molecule has 4 heterocycles. The Kier molecular flexibility index (Phi) is 10.3. The second-order valence-corrected chi connectivity index (χ2v) is 12.7. The number of anilines is 2. The van der Waals surface area contributed by atoms with Crippen molar-refractivity contribution in [3.8, 4) is 6.01 Å². The number of benzene rings is 2. The van der Waals surface area contributed by atoms with Crippen molar-refractivity contribution in [1.82, 2.24) is 19.8 Å². The van der Waals surface area contributed by atoms with E-state index in [9.17, 15) is 9.18 Å². The number of likely N-dealkylation sites (tertiary alicyclic amines) is 1. The lowest BCUT2D eigenvalue weighted by Gasteiger charge is -2.47. The van der Waals surface area contributed by atoms with Crippen molar-refractivity contribution >= 4 is 53.3 Å². The summed E-state index contributed by atoms with van der Waals surface area (Å²) in [5.41, 5.74) is 2.76. The van der Waals surface area contributed by atoms with E-state index in [4.69, 9.17) is 37.6 Å². The number of amides is 1. The minimum absolute atomic E-state index is 0. The lowest BCUT2D eigenvalue weighted by atomic mass is 9.82. The molecule has 1 atom stereocenters. The number of carbonyl (C=O) groups excluding carboxylic acids is 1. The van der Waals surface area contributed by atoms with Crippen LogP contribution in [0.25, 0.3) is 15.6 Å². The van der Waals surface area contributed by atoms with Crippen molar-refractivity contribution in [1.29, 1.82) is 0 Å². The van der Waals surface area contributed by atoms with Gasteiger partial charge in [0.2, 0.25) is 6.54 Å². The molecule has 2 saturated heterocycles. The highest BCUT2D eigenvalue weighted by Gasteiger charge is 2.43. The fourth-order valence-electron chi connectivity index (χ4n) is 7.04. The number of ether oxygens (including phenoxy) is 2. The van der Waals surface area contributed by atoms with Crippen LogP contribution in [0, 0.1) is 12.0 Å². The third kappa shape index (κ3) is 6.60. The Balaban J connectivity index is 0.00000417. The van der Waals surface area contributed by atoms with Crippen LogP contribution in [-0.2, 0) is 22.5 Å². The molecule has 10 nitrogen and oxygen atoms in total. The van der Waals surface area contributed by atoms with E-state index in [-0.39, 0.29) is 38.0 Å². The number of hydrogen-bond donors (Lipinski definition) is 0. The van der Waals surface area contributed by atoms with Crippen LogP contribution < -0.4 is 14.5 Å². The number of halogens is 2. The molecule has 0 N–H and O–H groups in total. The van der Waals surface area contributed by atoms with Crippen LogP contribution in [-0.4, -0.2) is 105 Å². The minimum atomic E-state index is -1.02. The number of rotatable bonds is 9. The van der Waals surface area contributed by atoms with Gasteiger partial charge in [-0.3, -0.25) is 4.79 Å². The Morgan fingerprint density at radius 2 is 1.91 bits per heavy atom. The molecular weight excluding hydrogens is 629 g/mol. The van der Waals surface area contributed by atoms with Crippen molar-refractivity contribution in [2.45, 2.75) is 19.0 Å². The number of nitrogens with zero attached hydrogens (tertiary/aromatic N) is 7. The Bertz CT molecular complexity index is 1650. The zero-order chi connectivity index (χ0) is 31.7. The van der Waals surface area contributed by atoms with Crippen LogP contribution >= 0.6 is 25.1 Å². The van der Waals surface area contributed by atoms with E-state index < -0.39 is 17.8 Å². The van der Waals surface area contributed by atoms with Gasteiger partial charge in [0.05, 0.1) is 29.3 Å². The molecule has 2 aromatic carbocycles. The molecule has 0 radical (unpaired) electrons. The molecule has 13 heteroatoms. The van der Waals surface area contributed by atoms with E-state index in [1.807, 2.05) is 18.2 Å². The Morgan fingerprint density at radius 1 is 1.15 bits per heavy atom. The fraction of sp³-hybridized carbons (Fsp3) is 0.455. The lowest BCUT2D eigenvalue weighted by Crippen LogP contribution is -2.59. The molecule has 1 amide bonds. The van der Waals surface area contributed by atoms with E-state index in [0.717, 1.165) is 53.2 Å². The first kappa shape index (κ1) is 33.7. The number of aromatic nitrogens is 2. The highest BCUT2D eigenvalue weighted by Crippen LogP contribution is 2.38. The van der Waals surface area contributed by atoms with Gasteiger partial charge >= 0.3 is 6.01 Å². The Hall–Kier alpha value is -3.63. The van der Waals surface area contributed by atoms with Gasteiger partial charge in [0.1, 0.15) is 18.5 Å². The van der Waals surface area contributed by atoms with E-state index in [1.165, 1.54) is 4.90 Å². The van der Waals surface area contributed by atoms with Gasteiger partial charge in [-0.05, 0) is 31.0 Å². The van der Waals surface area contributed by atoms with Gasteiger partial charge in [0.15, 0.2) is 5.83 Å². The number of piperazine rings is 1. The number of methoxy groups -OCH3 is 1. The normalized spacial score (nSPS) is 19.1. The quantitative estimate of drug-likeness (QED) is 0.247. The summed E-state index contributed by atoms with van der Waals surface area (Å²) in [6.07, 6.45) is 0.679. The summed E-state index contributed by atoms with van der Waals surface area (Å²) in [5.74, 6) is -1.05. The standard InChI is InChI=1S/C33H37ClFN7O3.H2S/c1-22(35)31(43)42-14-13-41(16-24(42)15-36-2)30-25-11-12-40(28-10-6-8-23-7-5-9-26(34)29(23)28)17-27(25)37-32(38-30)45-21-33(20-44-4)18-39(3)19-33;/h5-10,24H,1,11-21H2,3-4H3;1H2/t24-;/m0./s1. The van der Waals surface area contributed by atoms with Crippen LogP contribution in [0.1, 0.15) is 11.3 Å². The van der Waals surface area contributed by atoms with Gasteiger partial charge in [0.25, 0.3) is 5.91 Å². The fourth-order valence-corrected chi connectivity index (χ4v) is 7.32. The minimum Gasteiger partial charge on any atom is -0.463 e. The average Bonchev–Trinajstić information content (AvgIpc) is 3.02. The highest BCUT2D eigenvalue weighted by atomic mass is 35.5. The molecule has 0 unspecified atom stereocenters. The topological polar surface area (TPSA) is 78.6 Å². The number of fused-ring (bicyclic) bond motifs is 2. The van der Waals surface area contributed by atoms with E-state index >= 15 is 0 Å². The van der Waals surface area contributed by atoms with Crippen LogP contribution in [0.15, 0.2) is 48.8 Å². The molecule has 0 aliphatic carbocycles. The average molecular weight is 668 g/mol. The van der Waals surface area contributed by atoms with Crippen LogP contribution in [0.3, 0.4) is 0 Å². The zero-order valence-electron chi connectivity index (χ0n) is 26.1. The smallest absolute Gasteiger partial charge is 0.318 e. The molecule has 3 aliphatic heterocycles. The first-order chi connectivity index (χ1) is 21.7. The van der Waals surface area contributed by atoms with Crippen LogP contribution in [0.2, 0.25) is 5.02 Å². The van der Waals surface area contributed by atoms with Crippen molar-refractivity contribution in [2.75, 3.05) is 83.0 Å². The number of hydrogen-bond acceptors (Lipinski definition) is 8. The van der Waals surface area contributed by atoms with Gasteiger partial charge in [-0.25, -0.2) is 11.0 Å². The van der Waals surface area contributed by atoms with Crippen molar-refractivity contribution < 1.29 is 18.7 Å². The summed E-state index contributed by atoms with van der Waals surface area (Å²) in [4.78, 5) is 34.0. The zero-order valence-corrected chi connectivity index (χ0v) is 27.9. The highest BCUT2D eigenvalue weighted by molar-refractivity contribution is 7.59. The van der Waals surface area contributed by atoms with E-state index in [2.05, 4.69) is 51.4 Å². The third-order valence-corrected chi connectivity index (χ3v) is 9.26. The van der Waals surface area contributed by atoms with Gasteiger partial charge in [-0.1, -0.05) is 42.4 Å². The molecule has 3 aliphatic rings. The summed E-state index contributed by atoms with van der Waals surface area (Å²) >= 11 is 6.70. The van der Waals surface area contributed by atoms with Crippen molar-refractivity contribution in [3.63, 3.8) is 0 Å². The summed E-state index contributed by atoms with van der Waals surface area (Å²) in [5, 5.41) is 2.77. The maximum atomic E-state index is 13.8. The maximum absolute atomic E-state index is 13.8. The third-order valence-electron chi connectivity index (χ3n) is 8.94. The predicted molar refractivity (Wildman–Crippen MR) is 183 cm³/mol. The molecule has 46 heavy (non-hydrogen) atoms. The predicted octanol–water partition coefficient (Wildman–Crippen LogP) is 4.34. The largest absolute Gasteiger partial charge is 0.463 e. The number of carbonyl (C=O) groups is 1. The summed E-state index contributed by atoms with van der Waals surface area (Å²) in [6, 6.07) is 11.9. The SMILES string of the molecule is S.[C-]#[N+]C[C@H]1CN(c2nc(OCC3(COC)CN(C)C3)nc3c2CCN(c2cccc4cccc(Cl)c24)C3)CCN1C(=O)C(=C)F. The first-order valence-electron chi connectivity index (χ1n) is 15.1. The van der Waals surface area contributed by atoms with E-state index in [0.29, 0.717) is 44.3 Å². The first-order valence-corrected chi connectivity index (χ1v) is 15.5. The molecule has 6 rings (SSSR count). The molecule has 0 spiro atoms. The van der Waals surface area contributed by atoms with Gasteiger partial charge in [0, 0.05) is 63.0 Å². The van der Waals surface area contributed by atoms with E-state index in [1.54, 1.807) is 7.11 Å². The van der Waals surface area contributed by atoms with Gasteiger partial charge < -0.3 is 33.9 Å². The molecule has 0 saturated carbocycles. The Morgan fingerprint density at radius 3 is 2.61 bits per heavy atom. The summed E-state index contributed by atoms with van der Waals surface area (Å²) < 4.78 is 25.7. The molecular formula is C33H39ClFN7O3S. The van der Waals surface area contributed by atoms with Gasteiger partial charge in [-0.15, -0.1) is 0 Å². The maximum Gasteiger partial charge on any atom is 0.318 e. The monoisotopic (exact) mass is 667 g/mol. The van der Waals surface area contributed by atoms with Crippen LogP contribution in [0.4, 0.5) is 15.9 Å². The molecule has 2 fully saturated rings. The molecule has 3 aromatic rings.